The Morgan fingerprint density at radius 2 is 1.93 bits per heavy atom. The number of fused-ring (bicyclic) bond motifs is 1. The van der Waals surface area contributed by atoms with Gasteiger partial charge < -0.3 is 10.2 Å². The first-order chi connectivity index (χ1) is 13.2. The minimum atomic E-state index is -4.86. The van der Waals surface area contributed by atoms with Gasteiger partial charge in [0.1, 0.15) is 5.82 Å². The van der Waals surface area contributed by atoms with Crippen molar-refractivity contribution in [2.45, 2.75) is 30.4 Å². The molecule has 5 nitrogen and oxygen atoms in total. The van der Waals surface area contributed by atoms with Crippen molar-refractivity contribution in [3.63, 3.8) is 0 Å². The molecule has 0 radical (unpaired) electrons. The van der Waals surface area contributed by atoms with Gasteiger partial charge in [-0.05, 0) is 43.5 Å². The Labute approximate surface area is 161 Å². The number of carbonyl (C=O) groups excluding carboxylic acids is 1. The summed E-state index contributed by atoms with van der Waals surface area (Å²) in [6.45, 7) is 2.20. The molecule has 28 heavy (non-hydrogen) atoms. The standard InChI is InChI=1S/C19H19F3N2O3S/c1-12-8-9-14(20)13-5-4-10-24(18(12)13)11-17(25)23-15-6-2-3-7-16(15)28(26,27)19(21)22/h2-3,6-9,19H,4-5,10-11H2,1H3,(H,23,25). The lowest BCUT2D eigenvalue weighted by Crippen LogP contribution is -2.37. The number of rotatable bonds is 5. The zero-order valence-corrected chi connectivity index (χ0v) is 15.9. The van der Waals surface area contributed by atoms with Gasteiger partial charge in [-0.3, -0.25) is 4.79 Å². The van der Waals surface area contributed by atoms with Gasteiger partial charge in [0.05, 0.1) is 17.1 Å². The minimum Gasteiger partial charge on any atom is -0.362 e. The molecule has 1 aliphatic heterocycles. The molecular weight excluding hydrogens is 393 g/mol. The lowest BCUT2D eigenvalue weighted by molar-refractivity contribution is -0.115. The molecule has 0 saturated heterocycles. The van der Waals surface area contributed by atoms with Gasteiger partial charge in [0.2, 0.25) is 15.7 Å². The van der Waals surface area contributed by atoms with Gasteiger partial charge in [-0.25, -0.2) is 12.8 Å². The van der Waals surface area contributed by atoms with E-state index in [2.05, 4.69) is 5.32 Å². The predicted molar refractivity (Wildman–Crippen MR) is 99.9 cm³/mol. The third-order valence-electron chi connectivity index (χ3n) is 4.64. The highest BCUT2D eigenvalue weighted by molar-refractivity contribution is 7.91. The lowest BCUT2D eigenvalue weighted by Gasteiger charge is -2.32. The summed E-state index contributed by atoms with van der Waals surface area (Å²) in [5.41, 5.74) is 1.81. The van der Waals surface area contributed by atoms with Crippen LogP contribution in [0.3, 0.4) is 0 Å². The number of hydrogen-bond acceptors (Lipinski definition) is 4. The van der Waals surface area contributed by atoms with Crippen molar-refractivity contribution in [3.8, 4) is 0 Å². The Bertz CT molecular complexity index is 1010. The largest absolute Gasteiger partial charge is 0.362 e. The number of amides is 1. The number of sulfone groups is 1. The van der Waals surface area contributed by atoms with Crippen molar-refractivity contribution < 1.29 is 26.4 Å². The van der Waals surface area contributed by atoms with Crippen LogP contribution in [-0.4, -0.2) is 33.2 Å². The highest BCUT2D eigenvalue weighted by Crippen LogP contribution is 2.32. The smallest absolute Gasteiger partial charge is 0.341 e. The molecule has 0 saturated carbocycles. The van der Waals surface area contributed by atoms with Crippen molar-refractivity contribution in [1.29, 1.82) is 0 Å². The Kier molecular flexibility index (Phi) is 5.64. The van der Waals surface area contributed by atoms with Gasteiger partial charge in [0.25, 0.3) is 0 Å². The molecule has 9 heteroatoms. The monoisotopic (exact) mass is 412 g/mol. The zero-order valence-electron chi connectivity index (χ0n) is 15.1. The molecular formula is C19H19F3N2O3S. The topological polar surface area (TPSA) is 66.5 Å². The van der Waals surface area contributed by atoms with E-state index < -0.39 is 26.4 Å². The fraction of sp³-hybridized carbons (Fsp3) is 0.316. The number of para-hydroxylation sites is 1. The fourth-order valence-corrected chi connectivity index (χ4v) is 4.29. The first kappa shape index (κ1) is 20.2. The van der Waals surface area contributed by atoms with Gasteiger partial charge >= 0.3 is 5.76 Å². The van der Waals surface area contributed by atoms with E-state index in [4.69, 9.17) is 0 Å². The summed E-state index contributed by atoms with van der Waals surface area (Å²) in [7, 11) is -4.86. The minimum absolute atomic E-state index is 0.152. The summed E-state index contributed by atoms with van der Waals surface area (Å²) in [4.78, 5) is 13.6. The molecule has 1 amide bonds. The first-order valence-corrected chi connectivity index (χ1v) is 10.2. The van der Waals surface area contributed by atoms with E-state index in [9.17, 15) is 26.4 Å². The number of anilines is 2. The second-order valence-electron chi connectivity index (χ2n) is 6.57. The van der Waals surface area contributed by atoms with E-state index in [1.165, 1.54) is 24.3 Å². The molecule has 0 aliphatic carbocycles. The number of hydrogen-bond donors (Lipinski definition) is 1. The van der Waals surface area contributed by atoms with E-state index in [0.29, 0.717) is 30.6 Å². The third-order valence-corrected chi connectivity index (χ3v) is 6.07. The number of alkyl halides is 2. The highest BCUT2D eigenvalue weighted by Gasteiger charge is 2.30. The fourth-order valence-electron chi connectivity index (χ4n) is 3.40. The quantitative estimate of drug-likeness (QED) is 0.816. The van der Waals surface area contributed by atoms with E-state index in [1.54, 1.807) is 11.0 Å². The van der Waals surface area contributed by atoms with Crippen molar-refractivity contribution in [1.82, 2.24) is 0 Å². The van der Waals surface area contributed by atoms with Crippen molar-refractivity contribution in [3.05, 3.63) is 53.3 Å². The van der Waals surface area contributed by atoms with Crippen molar-refractivity contribution in [2.75, 3.05) is 23.3 Å². The molecule has 1 aliphatic rings. The van der Waals surface area contributed by atoms with Crippen LogP contribution in [0.2, 0.25) is 0 Å². The summed E-state index contributed by atoms with van der Waals surface area (Å²) in [6, 6.07) is 8.04. The molecule has 2 aromatic carbocycles. The maximum atomic E-state index is 14.1. The molecule has 0 aromatic heterocycles. The van der Waals surface area contributed by atoms with Crippen molar-refractivity contribution in [2.24, 2.45) is 0 Å². The Morgan fingerprint density at radius 3 is 2.64 bits per heavy atom. The number of nitrogens with one attached hydrogen (secondary N) is 1. The van der Waals surface area contributed by atoms with Crippen molar-refractivity contribution >= 4 is 27.1 Å². The van der Waals surface area contributed by atoms with Crippen LogP contribution in [0.4, 0.5) is 24.5 Å². The molecule has 2 aromatic rings. The number of carbonyl (C=O) groups is 1. The number of nitrogens with zero attached hydrogens (tertiary/aromatic N) is 1. The zero-order chi connectivity index (χ0) is 20.5. The molecule has 0 atom stereocenters. The first-order valence-electron chi connectivity index (χ1n) is 8.65. The van der Waals surface area contributed by atoms with Crippen LogP contribution in [0, 0.1) is 12.7 Å². The summed E-state index contributed by atoms with van der Waals surface area (Å²) in [5.74, 6) is -4.50. The van der Waals surface area contributed by atoms with Crippen LogP contribution in [0.25, 0.3) is 0 Å². The normalized spacial score (nSPS) is 14.1. The number of aryl methyl sites for hydroxylation is 1. The SMILES string of the molecule is Cc1ccc(F)c2c1N(CC(=O)Nc1ccccc1S(=O)(=O)C(F)F)CCC2. The second kappa shape index (κ2) is 7.83. The van der Waals surface area contributed by atoms with Gasteiger partial charge in [0, 0.05) is 17.8 Å². The molecule has 3 rings (SSSR count). The highest BCUT2D eigenvalue weighted by atomic mass is 32.2. The Balaban J connectivity index is 1.84. The number of halogens is 3. The molecule has 0 spiro atoms. The van der Waals surface area contributed by atoms with Crippen LogP contribution in [-0.2, 0) is 21.1 Å². The summed E-state index contributed by atoms with van der Waals surface area (Å²) < 4.78 is 63.5. The average Bonchev–Trinajstić information content (AvgIpc) is 2.65. The maximum Gasteiger partial charge on any atom is 0.341 e. The molecule has 0 fully saturated rings. The third kappa shape index (κ3) is 3.84. The summed E-state index contributed by atoms with van der Waals surface area (Å²) >= 11 is 0. The summed E-state index contributed by atoms with van der Waals surface area (Å²) in [6.07, 6.45) is 1.23. The van der Waals surface area contributed by atoms with Gasteiger partial charge in [-0.15, -0.1) is 0 Å². The Hall–Kier alpha value is -2.55. The van der Waals surface area contributed by atoms with Crippen LogP contribution in [0.15, 0.2) is 41.3 Å². The lowest BCUT2D eigenvalue weighted by atomic mass is 9.97. The van der Waals surface area contributed by atoms with Crippen LogP contribution >= 0.6 is 0 Å². The average molecular weight is 412 g/mol. The maximum absolute atomic E-state index is 14.1. The molecule has 150 valence electrons. The van der Waals surface area contributed by atoms with E-state index in [1.807, 2.05) is 6.92 Å². The van der Waals surface area contributed by atoms with E-state index in [0.717, 1.165) is 11.6 Å². The van der Waals surface area contributed by atoms with Gasteiger partial charge in [-0.1, -0.05) is 18.2 Å². The summed E-state index contributed by atoms with van der Waals surface area (Å²) in [5, 5.41) is 2.40. The molecule has 0 unspecified atom stereocenters. The van der Waals surface area contributed by atoms with Crippen LogP contribution in [0.1, 0.15) is 17.5 Å². The second-order valence-corrected chi connectivity index (χ2v) is 8.45. The van der Waals surface area contributed by atoms with Gasteiger partial charge in [0.15, 0.2) is 0 Å². The van der Waals surface area contributed by atoms with Crippen LogP contribution in [0.5, 0.6) is 0 Å². The Morgan fingerprint density at radius 1 is 1.21 bits per heavy atom. The van der Waals surface area contributed by atoms with E-state index >= 15 is 0 Å². The van der Waals surface area contributed by atoms with E-state index in [-0.39, 0.29) is 18.0 Å². The van der Waals surface area contributed by atoms with Crippen LogP contribution < -0.4 is 10.2 Å². The molecule has 1 N–H and O–H groups in total. The van der Waals surface area contributed by atoms with Gasteiger partial charge in [-0.2, -0.15) is 8.78 Å². The number of benzene rings is 2. The predicted octanol–water partition coefficient (Wildman–Crippen LogP) is 3.52. The molecule has 1 heterocycles. The molecule has 0 bridgehead atoms.